The van der Waals surface area contributed by atoms with E-state index in [-0.39, 0.29) is 5.91 Å². The first kappa shape index (κ1) is 14.8. The molecule has 2 aromatic rings. The van der Waals surface area contributed by atoms with Crippen LogP contribution < -0.4 is 4.90 Å². The summed E-state index contributed by atoms with van der Waals surface area (Å²) < 4.78 is 0. The van der Waals surface area contributed by atoms with Gasteiger partial charge in [0.1, 0.15) is 6.10 Å². The Hall–Kier alpha value is -2.13. The van der Waals surface area contributed by atoms with Gasteiger partial charge in [0.25, 0.3) is 0 Å². The van der Waals surface area contributed by atoms with Crippen molar-refractivity contribution in [3.63, 3.8) is 0 Å². The second-order valence-corrected chi connectivity index (χ2v) is 5.84. The Labute approximate surface area is 131 Å². The molecule has 1 unspecified atom stereocenters. The summed E-state index contributed by atoms with van der Waals surface area (Å²) in [6, 6.07) is 13.9. The fourth-order valence-corrected chi connectivity index (χ4v) is 3.04. The molecular weight excluding hydrogens is 274 g/mol. The van der Waals surface area contributed by atoms with Gasteiger partial charge in [-0.2, -0.15) is 0 Å². The summed E-state index contributed by atoms with van der Waals surface area (Å²) in [5.41, 5.74) is 5.08. The summed E-state index contributed by atoms with van der Waals surface area (Å²) in [7, 11) is 0. The predicted molar refractivity (Wildman–Crippen MR) is 88.0 cm³/mol. The number of hydrogen-bond acceptors (Lipinski definition) is 2. The average Bonchev–Trinajstić information content (AvgIpc) is 2.54. The van der Waals surface area contributed by atoms with Crippen LogP contribution in [0.3, 0.4) is 0 Å². The van der Waals surface area contributed by atoms with Gasteiger partial charge in [-0.15, -0.1) is 0 Å². The number of aliphatic hydroxyl groups is 1. The third-order valence-electron chi connectivity index (χ3n) is 4.33. The van der Waals surface area contributed by atoms with Crippen molar-refractivity contribution < 1.29 is 9.90 Å². The number of nitrogens with zero attached hydrogens (tertiary/aromatic N) is 1. The summed E-state index contributed by atoms with van der Waals surface area (Å²) >= 11 is 0. The number of anilines is 1. The second kappa shape index (κ2) is 5.93. The molecule has 1 N–H and O–H groups in total. The molecule has 0 saturated heterocycles. The van der Waals surface area contributed by atoms with Gasteiger partial charge < -0.3 is 10.0 Å². The molecule has 0 bridgehead atoms. The van der Waals surface area contributed by atoms with Crippen molar-refractivity contribution in [1.82, 2.24) is 0 Å². The number of rotatable bonds is 3. The summed E-state index contributed by atoms with van der Waals surface area (Å²) in [4.78, 5) is 13.8. The van der Waals surface area contributed by atoms with Crippen LogP contribution in [-0.4, -0.2) is 17.6 Å². The smallest absolute Gasteiger partial charge is 0.227 e. The minimum absolute atomic E-state index is 0.182. The number of carbonyl (C=O) groups is 1. The molecule has 0 radical (unpaired) electrons. The van der Waals surface area contributed by atoms with E-state index < -0.39 is 6.10 Å². The van der Waals surface area contributed by atoms with Gasteiger partial charge in [0.15, 0.2) is 0 Å². The molecule has 1 amide bonds. The summed E-state index contributed by atoms with van der Waals surface area (Å²) in [5.74, 6) is 0.182. The van der Waals surface area contributed by atoms with Crippen LogP contribution in [0.15, 0.2) is 42.5 Å². The van der Waals surface area contributed by atoms with E-state index in [0.29, 0.717) is 13.0 Å². The van der Waals surface area contributed by atoms with Gasteiger partial charge in [-0.3, -0.25) is 4.79 Å². The Morgan fingerprint density at radius 1 is 1.09 bits per heavy atom. The molecule has 0 aromatic heterocycles. The maximum absolute atomic E-state index is 11.9. The van der Waals surface area contributed by atoms with Crippen LogP contribution in [-0.2, 0) is 11.2 Å². The maximum atomic E-state index is 11.9. The van der Waals surface area contributed by atoms with Crippen LogP contribution in [0, 0.1) is 6.92 Å². The van der Waals surface area contributed by atoms with Gasteiger partial charge in [-0.1, -0.05) is 42.0 Å². The standard InChI is InChI=1S/C19H21NO2/c1-3-20-17-10-8-16(12-15(17)9-11-18(20)21)19(22)14-6-4-13(2)5-7-14/h4-8,10,12,19,22H,3,9,11H2,1-2H3. The zero-order valence-corrected chi connectivity index (χ0v) is 13.0. The Kier molecular flexibility index (Phi) is 3.99. The molecule has 1 aliphatic rings. The van der Waals surface area contributed by atoms with Crippen LogP contribution in [0.5, 0.6) is 0 Å². The third-order valence-corrected chi connectivity index (χ3v) is 4.33. The van der Waals surface area contributed by atoms with E-state index in [1.54, 1.807) is 0 Å². The normalized spacial score (nSPS) is 15.6. The number of amides is 1. The molecule has 1 aliphatic heterocycles. The van der Waals surface area contributed by atoms with E-state index in [0.717, 1.165) is 28.8 Å². The summed E-state index contributed by atoms with van der Waals surface area (Å²) in [5, 5.41) is 10.6. The molecule has 3 rings (SSSR count). The minimum atomic E-state index is -0.626. The van der Waals surface area contributed by atoms with Crippen LogP contribution in [0.1, 0.15) is 41.7 Å². The van der Waals surface area contributed by atoms with Crippen LogP contribution in [0.4, 0.5) is 5.69 Å². The third kappa shape index (κ3) is 2.64. The summed E-state index contributed by atoms with van der Waals surface area (Å²) in [6.07, 6.45) is 0.669. The molecule has 22 heavy (non-hydrogen) atoms. The predicted octanol–water partition coefficient (Wildman–Crippen LogP) is 3.38. The zero-order chi connectivity index (χ0) is 15.7. The van der Waals surface area contributed by atoms with Gasteiger partial charge >= 0.3 is 0 Å². The first-order valence-electron chi connectivity index (χ1n) is 7.78. The molecule has 3 nitrogen and oxygen atoms in total. The van der Waals surface area contributed by atoms with Gasteiger partial charge in [0.05, 0.1) is 0 Å². The maximum Gasteiger partial charge on any atom is 0.227 e. The number of benzene rings is 2. The molecule has 114 valence electrons. The highest BCUT2D eigenvalue weighted by atomic mass is 16.3. The largest absolute Gasteiger partial charge is 0.384 e. The van der Waals surface area contributed by atoms with Crippen molar-refractivity contribution >= 4 is 11.6 Å². The molecule has 0 fully saturated rings. The first-order chi connectivity index (χ1) is 10.6. The summed E-state index contributed by atoms with van der Waals surface area (Å²) in [6.45, 7) is 4.71. The lowest BCUT2D eigenvalue weighted by Gasteiger charge is -2.29. The van der Waals surface area contributed by atoms with Crippen molar-refractivity contribution in [3.05, 3.63) is 64.7 Å². The quantitative estimate of drug-likeness (QED) is 0.943. The van der Waals surface area contributed by atoms with Gasteiger partial charge in [0, 0.05) is 18.7 Å². The van der Waals surface area contributed by atoms with Crippen molar-refractivity contribution in [2.24, 2.45) is 0 Å². The lowest BCUT2D eigenvalue weighted by molar-refractivity contribution is -0.118. The number of fused-ring (bicyclic) bond motifs is 1. The van der Waals surface area contributed by atoms with E-state index in [2.05, 4.69) is 0 Å². The number of aliphatic hydroxyl groups excluding tert-OH is 1. The highest BCUT2D eigenvalue weighted by Gasteiger charge is 2.23. The van der Waals surface area contributed by atoms with Crippen LogP contribution in [0.25, 0.3) is 0 Å². The van der Waals surface area contributed by atoms with E-state index in [9.17, 15) is 9.90 Å². The Morgan fingerprint density at radius 3 is 2.45 bits per heavy atom. The average molecular weight is 295 g/mol. The van der Waals surface area contributed by atoms with E-state index in [1.165, 1.54) is 5.56 Å². The number of hydrogen-bond donors (Lipinski definition) is 1. The number of carbonyl (C=O) groups excluding carboxylic acids is 1. The van der Waals surface area contributed by atoms with Crippen LogP contribution >= 0.6 is 0 Å². The Morgan fingerprint density at radius 2 is 1.77 bits per heavy atom. The van der Waals surface area contributed by atoms with Gasteiger partial charge in [-0.25, -0.2) is 0 Å². The molecule has 0 aliphatic carbocycles. The highest BCUT2D eigenvalue weighted by Crippen LogP contribution is 2.32. The van der Waals surface area contributed by atoms with Crippen molar-refractivity contribution in [1.29, 1.82) is 0 Å². The topological polar surface area (TPSA) is 40.5 Å². The number of aryl methyl sites for hydroxylation is 2. The van der Waals surface area contributed by atoms with E-state index in [4.69, 9.17) is 0 Å². The molecule has 1 atom stereocenters. The molecule has 2 aromatic carbocycles. The van der Waals surface area contributed by atoms with Crippen molar-refractivity contribution in [2.45, 2.75) is 32.8 Å². The van der Waals surface area contributed by atoms with Gasteiger partial charge in [0.2, 0.25) is 5.91 Å². The highest BCUT2D eigenvalue weighted by molar-refractivity contribution is 5.96. The van der Waals surface area contributed by atoms with Crippen molar-refractivity contribution in [3.8, 4) is 0 Å². The molecule has 3 heteroatoms. The Balaban J connectivity index is 1.93. The van der Waals surface area contributed by atoms with E-state index in [1.807, 2.05) is 61.2 Å². The fourth-order valence-electron chi connectivity index (χ4n) is 3.04. The molecule has 1 heterocycles. The molecule has 0 spiro atoms. The zero-order valence-electron chi connectivity index (χ0n) is 13.0. The fraction of sp³-hybridized carbons (Fsp3) is 0.316. The first-order valence-corrected chi connectivity index (χ1v) is 7.78. The lowest BCUT2D eigenvalue weighted by Crippen LogP contribution is -2.34. The monoisotopic (exact) mass is 295 g/mol. The lowest BCUT2D eigenvalue weighted by atomic mass is 9.94. The molecular formula is C19H21NO2. The van der Waals surface area contributed by atoms with Crippen molar-refractivity contribution in [2.75, 3.05) is 11.4 Å². The second-order valence-electron chi connectivity index (χ2n) is 5.84. The Bertz CT molecular complexity index is 691. The minimum Gasteiger partial charge on any atom is -0.384 e. The SMILES string of the molecule is CCN1C(=O)CCc2cc(C(O)c3ccc(C)cc3)ccc21. The van der Waals surface area contributed by atoms with Gasteiger partial charge in [-0.05, 0) is 43.0 Å². The molecule has 0 saturated carbocycles. The van der Waals surface area contributed by atoms with E-state index >= 15 is 0 Å². The van der Waals surface area contributed by atoms with Crippen LogP contribution in [0.2, 0.25) is 0 Å².